The van der Waals surface area contributed by atoms with Gasteiger partial charge in [0.15, 0.2) is 16.1 Å². The summed E-state index contributed by atoms with van der Waals surface area (Å²) in [7, 11) is -5.04. The largest absolute Gasteiger partial charge is 0.356 e. The van der Waals surface area contributed by atoms with Crippen LogP contribution in [-0.4, -0.2) is 24.6 Å². The number of hydrogen-bond donors (Lipinski definition) is 1. The van der Waals surface area contributed by atoms with Gasteiger partial charge in [-0.25, -0.2) is 0 Å². The van der Waals surface area contributed by atoms with E-state index in [0.717, 1.165) is 32.9 Å². The molecule has 24 rings (SSSR count). The van der Waals surface area contributed by atoms with E-state index in [1.165, 1.54) is 153 Å². The molecule has 0 bridgehead atoms. The Morgan fingerprint density at radius 1 is 0.203 bits per heavy atom. The molecular weight excluding hydrogens is 1640 g/mol. The van der Waals surface area contributed by atoms with Crippen molar-refractivity contribution in [1.29, 1.82) is 0 Å². The number of anilines is 5. The lowest BCUT2D eigenvalue weighted by Gasteiger charge is -2.35. The molecule has 0 spiro atoms. The van der Waals surface area contributed by atoms with Crippen molar-refractivity contribution < 1.29 is 1.43 Å². The SMILES string of the molecule is Brc1ccc2c(c1)[Si](c1ccccc1)(c1ccccc1)c1ccccc1-2.[2HH].[B].c1ccc(-c2ccc(N(c3ccc4c(c3)C(c3ccccc3)(c3ccccc3)c3ccccc3-4)c3ccc4c(c3)[Si](c3ccccc3)(c3ccccc3)c3ccccc3-4)cc2)cc1.c1ccc(-c2ccc(Nc3ccc4c(c3)C(c3ccccc3)(c3ccccc3)c3ccccc3-4)cc2)cc1. The number of nitrogens with one attached hydrogen (secondary N) is 1. The van der Waals surface area contributed by atoms with Crippen molar-refractivity contribution in [2.75, 3.05) is 10.2 Å². The first-order valence-corrected chi connectivity index (χ1v) is 48.7. The van der Waals surface area contributed by atoms with Crippen molar-refractivity contribution in [3.63, 3.8) is 0 Å². The van der Waals surface area contributed by atoms with Gasteiger partial charge in [0, 0.05) is 42.7 Å². The fraction of sp³-hybridized carbons (Fsp3) is 0.0164. The predicted octanol–water partition coefficient (Wildman–Crippen LogP) is 25.7. The second kappa shape index (κ2) is 34.1. The molecule has 6 heteroatoms. The molecule has 0 unspecified atom stereocenters. The number of rotatable bonds is 15. The molecule has 4 aliphatic rings. The minimum atomic E-state index is -2.76. The minimum absolute atomic E-state index is 0. The molecule has 2 heterocycles. The summed E-state index contributed by atoms with van der Waals surface area (Å²) in [5, 5.41) is 15.2. The van der Waals surface area contributed by atoms with Crippen LogP contribution in [0.25, 0.3) is 66.8 Å². The topological polar surface area (TPSA) is 15.3 Å². The first kappa shape index (κ1) is 80.1. The van der Waals surface area contributed by atoms with Gasteiger partial charge in [-0.2, -0.15) is 0 Å². The summed E-state index contributed by atoms with van der Waals surface area (Å²) in [5.41, 5.74) is 30.3. The molecule has 20 aromatic carbocycles. The second-order valence-corrected chi connectivity index (χ2v) is 41.7. The molecule has 0 saturated heterocycles. The fourth-order valence-electron chi connectivity index (χ4n) is 21.5. The van der Waals surface area contributed by atoms with Crippen LogP contribution in [0.4, 0.5) is 28.4 Å². The Kier molecular flexibility index (Phi) is 21.4. The Morgan fingerprint density at radius 2 is 0.477 bits per heavy atom. The molecule has 1 N–H and O–H groups in total. The Labute approximate surface area is 764 Å². The van der Waals surface area contributed by atoms with Gasteiger partial charge < -0.3 is 10.2 Å². The lowest BCUT2D eigenvalue weighted by molar-refractivity contribution is 0.768. The highest BCUT2D eigenvalue weighted by atomic mass is 79.9. The van der Waals surface area contributed by atoms with Crippen LogP contribution < -0.4 is 51.7 Å². The first-order valence-electron chi connectivity index (χ1n) is 43.9. The normalized spacial score (nSPS) is 13.4. The standard InChI is InChI=1S/C61H43NSi.C37H27N.C24H17BrSi.B.H2/c1-6-20-44(21-7-1)45-34-36-48(37-35-45)62(49-38-40-54-53-30-16-18-32-57(53)61(58(54)42-49,46-22-8-2-9-23-46)47-24-10-3-11-25-47)50-39-41-56-55-31-17-19-33-59(55)63(60(56)43-50,51-26-12-4-13-27-51)52-28-14-5-15-29-52;1-4-12-27(13-5-1)28-20-22-31(23-21-28)38-32-24-25-34-33-18-10-11-19-35(33)37(36(34)26-32,29-14-6-2-7-15-29)30-16-8-3-9-17-30;25-18-15-16-22-21-13-7-8-14-23(21)26(24(22)17-18,19-9-3-1-4-10-19)20-11-5-2-6-12-20;;/h1-43H;1-26,38H;1-17H;;1H/i;;;;1+1. The molecule has 0 saturated carbocycles. The van der Waals surface area contributed by atoms with Crippen molar-refractivity contribution in [1.82, 2.24) is 0 Å². The monoisotopic (exact) mass is 1730 g/mol. The fourth-order valence-corrected chi connectivity index (χ4v) is 32.5. The second-order valence-electron chi connectivity index (χ2n) is 33.3. The average Bonchev–Trinajstić information content (AvgIpc) is 1.55. The Morgan fingerprint density at radius 3 is 0.891 bits per heavy atom. The van der Waals surface area contributed by atoms with Crippen molar-refractivity contribution in [3.8, 4) is 66.8 Å². The maximum atomic E-state index is 3.73. The molecule has 3 radical (unpaired) electrons. The van der Waals surface area contributed by atoms with Gasteiger partial charge in [-0.1, -0.05) is 465 Å². The van der Waals surface area contributed by atoms with Gasteiger partial charge in [0.1, 0.15) is 0 Å². The summed E-state index contributed by atoms with van der Waals surface area (Å²) in [6.07, 6.45) is 0. The van der Waals surface area contributed by atoms with Gasteiger partial charge in [-0.3, -0.25) is 0 Å². The van der Waals surface area contributed by atoms with E-state index in [9.17, 15) is 0 Å². The van der Waals surface area contributed by atoms with Gasteiger partial charge in [-0.05, 0) is 226 Å². The maximum absolute atomic E-state index is 3.73. The van der Waals surface area contributed by atoms with E-state index >= 15 is 0 Å². The van der Waals surface area contributed by atoms with Crippen molar-refractivity contribution in [2.45, 2.75) is 10.8 Å². The van der Waals surface area contributed by atoms with Crippen LogP contribution in [0.3, 0.4) is 0 Å². The zero-order valence-electron chi connectivity index (χ0n) is 70.6. The third-order valence-corrected chi connectivity index (χ3v) is 37.0. The Bertz CT molecular complexity index is 7050. The van der Waals surface area contributed by atoms with Gasteiger partial charge in [-0.15, -0.1) is 0 Å². The molecule has 20 aromatic rings. The number of nitrogens with zero attached hydrogens (tertiary/aromatic N) is 1. The molecule has 0 atom stereocenters. The molecule has 0 fully saturated rings. The van der Waals surface area contributed by atoms with E-state index in [2.05, 4.69) is 548 Å². The van der Waals surface area contributed by atoms with Gasteiger partial charge in [0.05, 0.1) is 10.8 Å². The third kappa shape index (κ3) is 13.4. The summed E-state index contributed by atoms with van der Waals surface area (Å²) in [5.74, 6) is 0. The Hall–Kier alpha value is -15.0. The number of benzene rings is 20. The van der Waals surface area contributed by atoms with Crippen molar-refractivity contribution in [3.05, 3.63) is 571 Å². The Balaban J connectivity index is 0.000000134. The smallest absolute Gasteiger partial charge is 0.180 e. The summed E-state index contributed by atoms with van der Waals surface area (Å²) >= 11 is 3.73. The van der Waals surface area contributed by atoms with Gasteiger partial charge >= 0.3 is 0 Å². The summed E-state index contributed by atoms with van der Waals surface area (Å²) < 4.78 is 1.15. The molecule has 2 aliphatic heterocycles. The number of halogens is 1. The quantitative estimate of drug-likeness (QED) is 0.103. The van der Waals surface area contributed by atoms with Crippen LogP contribution in [-0.2, 0) is 10.8 Å². The van der Waals surface area contributed by atoms with Crippen molar-refractivity contribution in [2.24, 2.45) is 0 Å². The zero-order valence-corrected chi connectivity index (χ0v) is 74.1. The van der Waals surface area contributed by atoms with Gasteiger partial charge in [0.25, 0.3) is 0 Å². The van der Waals surface area contributed by atoms with Gasteiger partial charge in [0.2, 0.25) is 0 Å². The molecule has 2 nitrogen and oxygen atoms in total. The lowest BCUT2D eigenvalue weighted by atomic mass is 9.67. The first-order chi connectivity index (χ1) is 62.9. The van der Waals surface area contributed by atoms with Crippen LogP contribution >= 0.6 is 15.9 Å². The van der Waals surface area contributed by atoms with Crippen LogP contribution in [0.15, 0.2) is 526 Å². The maximum Gasteiger partial charge on any atom is 0.180 e. The molecule has 128 heavy (non-hydrogen) atoms. The summed E-state index contributed by atoms with van der Waals surface area (Å²) in [6, 6.07) is 192. The molecular formula is C122H89BBrN2Si2. The van der Waals surface area contributed by atoms with E-state index in [1.807, 2.05) is 0 Å². The summed E-state index contributed by atoms with van der Waals surface area (Å²) in [6.45, 7) is 0. The predicted molar refractivity (Wildman–Crippen MR) is 550 cm³/mol. The van der Waals surface area contributed by atoms with Crippen molar-refractivity contribution >= 4 is 110 Å². The van der Waals surface area contributed by atoms with Crippen LogP contribution in [0.5, 0.6) is 0 Å². The zero-order chi connectivity index (χ0) is 84.7. The highest BCUT2D eigenvalue weighted by Gasteiger charge is 2.52. The molecule has 0 amide bonds. The van der Waals surface area contributed by atoms with Crippen LogP contribution in [0.2, 0.25) is 0 Å². The van der Waals surface area contributed by atoms with E-state index in [0.29, 0.717) is 0 Å². The highest BCUT2D eigenvalue weighted by Crippen LogP contribution is 2.59. The molecule has 0 aromatic heterocycles. The lowest BCUT2D eigenvalue weighted by Crippen LogP contribution is -2.72. The molecule has 2 aliphatic carbocycles. The van der Waals surface area contributed by atoms with Crippen LogP contribution in [0.1, 0.15) is 45.9 Å². The average molecular weight is 1730 g/mol. The van der Waals surface area contributed by atoms with Crippen LogP contribution in [0, 0.1) is 0 Å². The number of hydrogen-bond acceptors (Lipinski definition) is 2. The van der Waals surface area contributed by atoms with E-state index in [1.54, 1.807) is 0 Å². The third-order valence-electron chi connectivity index (χ3n) is 26.8. The molecule has 605 valence electrons. The van der Waals surface area contributed by atoms with E-state index in [-0.39, 0.29) is 15.3 Å². The summed E-state index contributed by atoms with van der Waals surface area (Å²) in [4.78, 5) is 2.50. The highest BCUT2D eigenvalue weighted by molar-refractivity contribution is 9.10. The van der Waals surface area contributed by atoms with E-state index in [4.69, 9.17) is 0 Å². The minimum Gasteiger partial charge on any atom is -0.356 e. The van der Waals surface area contributed by atoms with E-state index < -0.39 is 21.6 Å². The number of fused-ring (bicyclic) bond motifs is 12.